The molecule has 0 aliphatic carbocycles. The Morgan fingerprint density at radius 1 is 1.53 bits per heavy atom. The maximum Gasteiger partial charge on any atom is 0.401 e. The van der Waals surface area contributed by atoms with Crippen LogP contribution in [0.4, 0.5) is 13.2 Å². The van der Waals surface area contributed by atoms with Crippen molar-refractivity contribution >= 4 is 5.97 Å². The number of rotatable bonds is 6. The van der Waals surface area contributed by atoms with E-state index in [0.29, 0.717) is 5.69 Å². The van der Waals surface area contributed by atoms with Crippen LogP contribution in [0.5, 0.6) is 0 Å². The minimum atomic E-state index is -4.43. The average molecular weight is 279 g/mol. The van der Waals surface area contributed by atoms with Crippen molar-refractivity contribution < 1.29 is 23.1 Å². The molecule has 1 N–H and O–H groups in total. The fourth-order valence-electron chi connectivity index (χ4n) is 1.59. The molecule has 8 heteroatoms. The molecule has 0 amide bonds. The highest BCUT2D eigenvalue weighted by molar-refractivity contribution is 5.69. The third-order valence-corrected chi connectivity index (χ3v) is 2.34. The number of halogens is 3. The van der Waals surface area contributed by atoms with Gasteiger partial charge in [-0.3, -0.25) is 14.4 Å². The van der Waals surface area contributed by atoms with Crippen molar-refractivity contribution in [3.8, 4) is 0 Å². The maximum absolute atomic E-state index is 12.3. The molecule has 0 atom stereocenters. The molecule has 1 heterocycles. The number of carboxylic acid groups (broad SMARTS) is 1. The lowest BCUT2D eigenvalue weighted by molar-refractivity contribution is -0.155. The fraction of sp³-hybridized carbons (Fsp3) is 0.636. The van der Waals surface area contributed by atoms with Gasteiger partial charge >= 0.3 is 12.1 Å². The van der Waals surface area contributed by atoms with Gasteiger partial charge in [0.2, 0.25) is 0 Å². The van der Waals surface area contributed by atoms with Gasteiger partial charge in [0.25, 0.3) is 0 Å². The van der Waals surface area contributed by atoms with Gasteiger partial charge in [0.05, 0.1) is 18.8 Å². The first kappa shape index (κ1) is 15.5. The molecule has 0 aliphatic rings. The minimum Gasteiger partial charge on any atom is -0.480 e. The second-order valence-corrected chi connectivity index (χ2v) is 4.53. The molecule has 0 radical (unpaired) electrons. The summed E-state index contributed by atoms with van der Waals surface area (Å²) in [5.41, 5.74) is 0.416. The smallest absolute Gasteiger partial charge is 0.401 e. The highest BCUT2D eigenvalue weighted by Crippen LogP contribution is 2.18. The van der Waals surface area contributed by atoms with Gasteiger partial charge in [-0.2, -0.15) is 18.3 Å². The Morgan fingerprint density at radius 3 is 2.58 bits per heavy atom. The SMILES string of the molecule is CC(C)n1ccc(CN(CC(=O)O)CC(F)(F)F)n1. The molecule has 0 saturated carbocycles. The van der Waals surface area contributed by atoms with Crippen LogP contribution in [0.1, 0.15) is 25.6 Å². The number of hydrogen-bond acceptors (Lipinski definition) is 3. The summed E-state index contributed by atoms with van der Waals surface area (Å²) in [6.45, 7) is 1.69. The van der Waals surface area contributed by atoms with Crippen molar-refractivity contribution in [1.29, 1.82) is 0 Å². The summed E-state index contributed by atoms with van der Waals surface area (Å²) in [6, 6.07) is 1.69. The van der Waals surface area contributed by atoms with Crippen LogP contribution in [-0.2, 0) is 11.3 Å². The van der Waals surface area contributed by atoms with E-state index in [0.717, 1.165) is 4.90 Å². The molecule has 5 nitrogen and oxygen atoms in total. The van der Waals surface area contributed by atoms with E-state index >= 15 is 0 Å². The molecule has 1 aromatic heterocycles. The zero-order chi connectivity index (χ0) is 14.6. The van der Waals surface area contributed by atoms with Crippen molar-refractivity contribution in [2.24, 2.45) is 0 Å². The minimum absolute atomic E-state index is 0.101. The summed E-state index contributed by atoms with van der Waals surface area (Å²) in [7, 11) is 0. The van der Waals surface area contributed by atoms with Crippen LogP contribution in [0.3, 0.4) is 0 Å². The number of hydrogen-bond donors (Lipinski definition) is 1. The van der Waals surface area contributed by atoms with Crippen molar-refractivity contribution in [2.75, 3.05) is 13.1 Å². The molecule has 108 valence electrons. The summed E-state index contributed by atoms with van der Waals surface area (Å²) in [6.07, 6.45) is -2.78. The Hall–Kier alpha value is -1.57. The number of carboxylic acids is 1. The van der Waals surface area contributed by atoms with Crippen molar-refractivity contribution in [3.63, 3.8) is 0 Å². The van der Waals surface area contributed by atoms with Gasteiger partial charge in [-0.15, -0.1) is 0 Å². The van der Waals surface area contributed by atoms with E-state index in [4.69, 9.17) is 5.11 Å². The molecular weight excluding hydrogens is 263 g/mol. The van der Waals surface area contributed by atoms with Crippen molar-refractivity contribution in [2.45, 2.75) is 32.6 Å². The number of aromatic nitrogens is 2. The van der Waals surface area contributed by atoms with Gasteiger partial charge in [0.15, 0.2) is 0 Å². The predicted octanol–water partition coefficient (Wildman–Crippen LogP) is 1.91. The average Bonchev–Trinajstić information content (AvgIpc) is 2.62. The summed E-state index contributed by atoms with van der Waals surface area (Å²) >= 11 is 0. The Morgan fingerprint density at radius 2 is 2.16 bits per heavy atom. The standard InChI is InChI=1S/C11H16F3N3O2/c1-8(2)17-4-3-9(15-17)5-16(6-10(18)19)7-11(12,13)14/h3-4,8H,5-7H2,1-2H3,(H,18,19). The maximum atomic E-state index is 12.3. The van der Waals surface area contributed by atoms with Crippen LogP contribution < -0.4 is 0 Å². The van der Waals surface area contributed by atoms with Gasteiger partial charge in [0, 0.05) is 18.8 Å². The summed E-state index contributed by atoms with van der Waals surface area (Å²) in [5.74, 6) is -1.30. The Labute approximate surface area is 108 Å². The van der Waals surface area contributed by atoms with Crippen LogP contribution in [0.2, 0.25) is 0 Å². The van der Waals surface area contributed by atoms with E-state index in [1.807, 2.05) is 13.8 Å². The normalized spacial score (nSPS) is 12.4. The lowest BCUT2D eigenvalue weighted by Crippen LogP contribution is -2.37. The zero-order valence-corrected chi connectivity index (χ0v) is 10.7. The molecule has 0 unspecified atom stereocenters. The van der Waals surface area contributed by atoms with E-state index in [1.54, 1.807) is 16.9 Å². The van der Waals surface area contributed by atoms with E-state index in [9.17, 15) is 18.0 Å². The van der Waals surface area contributed by atoms with Gasteiger partial charge in [-0.1, -0.05) is 0 Å². The summed E-state index contributed by atoms with van der Waals surface area (Å²) < 4.78 is 38.6. The Bertz CT molecular complexity index is 429. The highest BCUT2D eigenvalue weighted by Gasteiger charge is 2.31. The number of aliphatic carboxylic acids is 1. The molecule has 0 aromatic carbocycles. The van der Waals surface area contributed by atoms with Crippen LogP contribution in [0, 0.1) is 0 Å². The van der Waals surface area contributed by atoms with Crippen LogP contribution >= 0.6 is 0 Å². The van der Waals surface area contributed by atoms with E-state index in [-0.39, 0.29) is 12.6 Å². The van der Waals surface area contributed by atoms with Gasteiger partial charge < -0.3 is 5.11 Å². The first-order valence-electron chi connectivity index (χ1n) is 5.72. The highest BCUT2D eigenvalue weighted by atomic mass is 19.4. The van der Waals surface area contributed by atoms with Crippen molar-refractivity contribution in [1.82, 2.24) is 14.7 Å². The largest absolute Gasteiger partial charge is 0.480 e. The molecule has 0 fully saturated rings. The monoisotopic (exact) mass is 279 g/mol. The predicted molar refractivity (Wildman–Crippen MR) is 61.6 cm³/mol. The molecule has 1 rings (SSSR count). The molecular formula is C11H16F3N3O2. The Balaban J connectivity index is 2.72. The number of nitrogens with zero attached hydrogens (tertiary/aromatic N) is 3. The van der Waals surface area contributed by atoms with Crippen LogP contribution in [-0.4, -0.2) is 45.0 Å². The van der Waals surface area contributed by atoms with Crippen LogP contribution in [0.25, 0.3) is 0 Å². The topological polar surface area (TPSA) is 58.4 Å². The quantitative estimate of drug-likeness (QED) is 0.864. The van der Waals surface area contributed by atoms with Gasteiger partial charge in [-0.05, 0) is 19.9 Å². The summed E-state index contributed by atoms with van der Waals surface area (Å²) in [5, 5.41) is 12.7. The van der Waals surface area contributed by atoms with Crippen LogP contribution in [0.15, 0.2) is 12.3 Å². The molecule has 0 spiro atoms. The van der Waals surface area contributed by atoms with E-state index in [1.165, 1.54) is 0 Å². The van der Waals surface area contributed by atoms with Crippen molar-refractivity contribution in [3.05, 3.63) is 18.0 Å². The van der Waals surface area contributed by atoms with Gasteiger partial charge in [0.1, 0.15) is 0 Å². The summed E-state index contributed by atoms with van der Waals surface area (Å²) in [4.78, 5) is 11.4. The molecule has 0 saturated heterocycles. The Kier molecular flexibility index (Phi) is 4.93. The fourth-order valence-corrected chi connectivity index (χ4v) is 1.59. The first-order chi connectivity index (χ1) is 8.67. The third kappa shape index (κ3) is 5.73. The third-order valence-electron chi connectivity index (χ3n) is 2.34. The second-order valence-electron chi connectivity index (χ2n) is 4.53. The lowest BCUT2D eigenvalue weighted by atomic mass is 10.3. The first-order valence-corrected chi connectivity index (χ1v) is 5.72. The zero-order valence-electron chi connectivity index (χ0n) is 10.7. The molecule has 0 bridgehead atoms. The molecule has 0 aliphatic heterocycles. The van der Waals surface area contributed by atoms with E-state index in [2.05, 4.69) is 5.10 Å². The number of alkyl halides is 3. The van der Waals surface area contributed by atoms with E-state index < -0.39 is 25.2 Å². The molecule has 1 aromatic rings. The second kappa shape index (κ2) is 6.05. The van der Waals surface area contributed by atoms with Gasteiger partial charge in [-0.25, -0.2) is 0 Å². The number of carbonyl (C=O) groups is 1. The lowest BCUT2D eigenvalue weighted by Gasteiger charge is -2.20. The molecule has 19 heavy (non-hydrogen) atoms.